The minimum Gasteiger partial charge on any atom is -0.480 e. The quantitative estimate of drug-likeness (QED) is 0.785. The SMILES string of the molecule is CC(=O)NC(CSCc1ccc(Cl)nc1Cl)C(=O)O. The highest BCUT2D eigenvalue weighted by Gasteiger charge is 2.18. The molecule has 104 valence electrons. The van der Waals surface area contributed by atoms with Gasteiger partial charge in [-0.2, -0.15) is 11.8 Å². The third-order valence-electron chi connectivity index (χ3n) is 2.11. The number of carbonyl (C=O) groups is 2. The van der Waals surface area contributed by atoms with Crippen molar-refractivity contribution in [1.29, 1.82) is 0 Å². The number of carbonyl (C=O) groups excluding carboxylic acids is 1. The molecule has 0 fully saturated rings. The summed E-state index contributed by atoms with van der Waals surface area (Å²) < 4.78 is 0. The van der Waals surface area contributed by atoms with E-state index in [1.165, 1.54) is 18.7 Å². The summed E-state index contributed by atoms with van der Waals surface area (Å²) in [6.07, 6.45) is 0. The van der Waals surface area contributed by atoms with E-state index in [2.05, 4.69) is 10.3 Å². The van der Waals surface area contributed by atoms with Crippen LogP contribution in [0.5, 0.6) is 0 Å². The van der Waals surface area contributed by atoms with E-state index in [1.54, 1.807) is 12.1 Å². The van der Waals surface area contributed by atoms with Gasteiger partial charge in [0.05, 0.1) is 0 Å². The van der Waals surface area contributed by atoms with E-state index in [-0.39, 0.29) is 11.7 Å². The normalized spacial score (nSPS) is 11.9. The molecule has 1 aromatic heterocycles. The van der Waals surface area contributed by atoms with Gasteiger partial charge in [-0.25, -0.2) is 9.78 Å². The third kappa shape index (κ3) is 5.67. The third-order valence-corrected chi connectivity index (χ3v) is 3.73. The summed E-state index contributed by atoms with van der Waals surface area (Å²) in [5.41, 5.74) is 0.767. The van der Waals surface area contributed by atoms with E-state index in [0.717, 1.165) is 5.56 Å². The number of hydrogen-bond acceptors (Lipinski definition) is 4. The van der Waals surface area contributed by atoms with Gasteiger partial charge in [0.25, 0.3) is 0 Å². The number of pyridine rings is 1. The molecule has 1 heterocycles. The Morgan fingerprint density at radius 1 is 1.47 bits per heavy atom. The molecule has 1 amide bonds. The highest BCUT2D eigenvalue weighted by atomic mass is 35.5. The fourth-order valence-corrected chi connectivity index (χ4v) is 2.78. The first-order chi connectivity index (χ1) is 8.90. The van der Waals surface area contributed by atoms with Crippen LogP contribution >= 0.6 is 35.0 Å². The van der Waals surface area contributed by atoms with Gasteiger partial charge in [-0.15, -0.1) is 0 Å². The molecule has 0 aliphatic rings. The highest BCUT2D eigenvalue weighted by Crippen LogP contribution is 2.21. The fourth-order valence-electron chi connectivity index (χ4n) is 1.26. The predicted octanol–water partition coefficient (Wildman–Crippen LogP) is 2.21. The largest absolute Gasteiger partial charge is 0.480 e. The van der Waals surface area contributed by atoms with Gasteiger partial charge in [-0.1, -0.05) is 29.3 Å². The maximum atomic E-state index is 10.9. The molecule has 2 N–H and O–H groups in total. The Labute approximate surface area is 124 Å². The van der Waals surface area contributed by atoms with Gasteiger partial charge in [-0.3, -0.25) is 4.79 Å². The second kappa shape index (κ2) is 7.57. The minimum absolute atomic E-state index is 0.244. The summed E-state index contributed by atoms with van der Waals surface area (Å²) in [7, 11) is 0. The van der Waals surface area contributed by atoms with Crippen molar-refractivity contribution in [2.24, 2.45) is 0 Å². The van der Waals surface area contributed by atoms with Crippen molar-refractivity contribution in [2.75, 3.05) is 5.75 Å². The minimum atomic E-state index is -1.07. The lowest BCUT2D eigenvalue weighted by Crippen LogP contribution is -2.41. The van der Waals surface area contributed by atoms with Crippen LogP contribution in [0.3, 0.4) is 0 Å². The van der Waals surface area contributed by atoms with Crippen LogP contribution in [0.15, 0.2) is 12.1 Å². The number of thioether (sulfide) groups is 1. The molecule has 0 aromatic carbocycles. The van der Waals surface area contributed by atoms with E-state index < -0.39 is 12.0 Å². The maximum absolute atomic E-state index is 10.9. The van der Waals surface area contributed by atoms with Crippen molar-refractivity contribution >= 4 is 46.8 Å². The van der Waals surface area contributed by atoms with E-state index in [9.17, 15) is 9.59 Å². The number of nitrogens with zero attached hydrogens (tertiary/aromatic N) is 1. The smallest absolute Gasteiger partial charge is 0.327 e. The summed E-state index contributed by atoms with van der Waals surface area (Å²) in [6.45, 7) is 1.28. The molecule has 0 aliphatic heterocycles. The second-order valence-corrected chi connectivity index (χ2v) is 5.47. The zero-order chi connectivity index (χ0) is 14.4. The molecule has 1 rings (SSSR count). The molecule has 0 saturated carbocycles. The molecule has 1 aromatic rings. The van der Waals surface area contributed by atoms with Crippen molar-refractivity contribution in [3.63, 3.8) is 0 Å². The Morgan fingerprint density at radius 3 is 2.68 bits per heavy atom. The number of halogens is 2. The number of carboxylic acid groups (broad SMARTS) is 1. The molecular weight excluding hydrogens is 311 g/mol. The Balaban J connectivity index is 2.52. The molecule has 5 nitrogen and oxygen atoms in total. The zero-order valence-corrected chi connectivity index (χ0v) is 12.3. The molecule has 0 aliphatic carbocycles. The number of amides is 1. The molecular formula is C11H12Cl2N2O3S. The Morgan fingerprint density at radius 2 is 2.16 bits per heavy atom. The summed E-state index contributed by atoms with van der Waals surface area (Å²) in [5.74, 6) is -0.706. The highest BCUT2D eigenvalue weighted by molar-refractivity contribution is 7.98. The first-order valence-electron chi connectivity index (χ1n) is 5.28. The summed E-state index contributed by atoms with van der Waals surface area (Å²) in [6, 6.07) is 2.44. The molecule has 19 heavy (non-hydrogen) atoms. The van der Waals surface area contributed by atoms with Crippen LogP contribution < -0.4 is 5.32 Å². The molecule has 0 saturated heterocycles. The lowest BCUT2D eigenvalue weighted by molar-refractivity contribution is -0.140. The standard InChI is InChI=1S/C11H12Cl2N2O3S/c1-6(16)14-8(11(17)18)5-19-4-7-2-3-9(12)15-10(7)13/h2-3,8H,4-5H2,1H3,(H,14,16)(H,17,18). The molecule has 1 atom stereocenters. The fraction of sp³-hybridized carbons (Fsp3) is 0.364. The molecule has 0 radical (unpaired) electrons. The average molecular weight is 323 g/mol. The zero-order valence-electron chi connectivity index (χ0n) is 10.0. The van der Waals surface area contributed by atoms with Gasteiger partial charge < -0.3 is 10.4 Å². The van der Waals surface area contributed by atoms with Crippen LogP contribution in [-0.2, 0) is 15.3 Å². The summed E-state index contributed by atoms with van der Waals surface area (Å²) >= 11 is 12.9. The van der Waals surface area contributed by atoms with Crippen LogP contribution in [0.25, 0.3) is 0 Å². The maximum Gasteiger partial charge on any atom is 0.327 e. The van der Waals surface area contributed by atoms with E-state index in [4.69, 9.17) is 28.3 Å². The number of aromatic nitrogens is 1. The van der Waals surface area contributed by atoms with Crippen molar-refractivity contribution in [3.05, 3.63) is 28.0 Å². The van der Waals surface area contributed by atoms with Crippen molar-refractivity contribution in [3.8, 4) is 0 Å². The first kappa shape index (κ1) is 16.1. The van der Waals surface area contributed by atoms with Crippen LogP contribution in [0, 0.1) is 0 Å². The van der Waals surface area contributed by atoms with Crippen molar-refractivity contribution in [2.45, 2.75) is 18.7 Å². The Bertz CT molecular complexity index is 485. The second-order valence-electron chi connectivity index (χ2n) is 3.69. The average Bonchev–Trinajstić information content (AvgIpc) is 2.29. The van der Waals surface area contributed by atoms with Crippen LogP contribution in [0.2, 0.25) is 10.3 Å². The monoisotopic (exact) mass is 322 g/mol. The molecule has 8 heteroatoms. The molecule has 0 spiro atoms. The topological polar surface area (TPSA) is 79.3 Å². The van der Waals surface area contributed by atoms with Gasteiger partial charge >= 0.3 is 5.97 Å². The van der Waals surface area contributed by atoms with Gasteiger partial charge in [0, 0.05) is 18.4 Å². The van der Waals surface area contributed by atoms with Crippen LogP contribution in [-0.4, -0.2) is 33.8 Å². The van der Waals surface area contributed by atoms with Gasteiger partial charge in [0.2, 0.25) is 5.91 Å². The summed E-state index contributed by atoms with van der Waals surface area (Å²) in [4.78, 5) is 25.6. The number of nitrogens with one attached hydrogen (secondary N) is 1. The molecule has 1 unspecified atom stereocenters. The predicted molar refractivity (Wildman–Crippen MR) is 75.7 cm³/mol. The van der Waals surface area contributed by atoms with E-state index in [0.29, 0.717) is 16.1 Å². The number of aliphatic carboxylic acids is 1. The number of carboxylic acids is 1. The van der Waals surface area contributed by atoms with Crippen molar-refractivity contribution < 1.29 is 14.7 Å². The van der Waals surface area contributed by atoms with Crippen molar-refractivity contribution in [1.82, 2.24) is 10.3 Å². The Hall–Kier alpha value is -0.980. The Kier molecular flexibility index (Phi) is 6.41. The van der Waals surface area contributed by atoms with Crippen LogP contribution in [0.1, 0.15) is 12.5 Å². The lowest BCUT2D eigenvalue weighted by atomic mass is 10.3. The van der Waals surface area contributed by atoms with Gasteiger partial charge in [-0.05, 0) is 11.6 Å². The number of rotatable bonds is 6. The van der Waals surface area contributed by atoms with Gasteiger partial charge in [0.1, 0.15) is 16.3 Å². The summed E-state index contributed by atoms with van der Waals surface area (Å²) in [5, 5.41) is 11.9. The first-order valence-corrected chi connectivity index (χ1v) is 7.19. The van der Waals surface area contributed by atoms with E-state index >= 15 is 0 Å². The van der Waals surface area contributed by atoms with Crippen LogP contribution in [0.4, 0.5) is 0 Å². The van der Waals surface area contributed by atoms with Gasteiger partial charge in [0.15, 0.2) is 0 Å². The molecule has 0 bridgehead atoms. The van der Waals surface area contributed by atoms with E-state index in [1.807, 2.05) is 0 Å². The lowest BCUT2D eigenvalue weighted by Gasteiger charge is -2.12. The number of hydrogen-bond donors (Lipinski definition) is 2.